The van der Waals surface area contributed by atoms with Crippen LogP contribution in [0.15, 0.2) is 18.6 Å². The number of carboxylic acids is 2. The van der Waals surface area contributed by atoms with Gasteiger partial charge in [-0.05, 0) is 6.07 Å². The highest BCUT2D eigenvalue weighted by molar-refractivity contribution is 5.63. The predicted molar refractivity (Wildman–Crippen MR) is 53.1 cm³/mol. The average molecular weight is 215 g/mol. The minimum absolute atomic E-state index is 0.509. The van der Waals surface area contributed by atoms with Crippen LogP contribution >= 0.6 is 0 Å². The molecule has 1 aromatic rings. The van der Waals surface area contributed by atoms with Crippen molar-refractivity contribution in [2.45, 2.75) is 13.8 Å². The zero-order chi connectivity index (χ0) is 12.3. The lowest BCUT2D eigenvalue weighted by Gasteiger charge is -1.82. The molecule has 1 heterocycles. The van der Waals surface area contributed by atoms with Crippen LogP contribution in [0.1, 0.15) is 13.8 Å². The number of carboxylic acid groups (broad SMARTS) is 2. The molecule has 0 fully saturated rings. The lowest BCUT2D eigenvalue weighted by molar-refractivity contribution is -0.135. The molecule has 0 aliphatic heterocycles. The van der Waals surface area contributed by atoms with Crippen LogP contribution in [0, 0.1) is 0 Å². The van der Waals surface area contributed by atoms with E-state index in [4.69, 9.17) is 25.5 Å². The number of aromatic nitrogens is 2. The van der Waals surface area contributed by atoms with Gasteiger partial charge >= 0.3 is 0 Å². The van der Waals surface area contributed by atoms with Crippen molar-refractivity contribution < 1.29 is 19.8 Å². The Morgan fingerprint density at radius 2 is 1.67 bits per heavy atom. The Labute approximate surface area is 86.6 Å². The third-order valence-corrected chi connectivity index (χ3v) is 0.605. The van der Waals surface area contributed by atoms with Gasteiger partial charge in [0.15, 0.2) is 0 Å². The van der Waals surface area contributed by atoms with Crippen molar-refractivity contribution in [1.82, 2.24) is 9.97 Å². The largest absolute Gasteiger partial charge is 0.481 e. The Morgan fingerprint density at radius 1 is 1.27 bits per heavy atom. The average Bonchev–Trinajstić information content (AvgIpc) is 2.03. The second-order valence-electron chi connectivity index (χ2n) is 2.17. The molecule has 0 radical (unpaired) electrons. The van der Waals surface area contributed by atoms with Crippen LogP contribution in [0.25, 0.3) is 0 Å². The molecule has 1 rings (SSSR count). The van der Waals surface area contributed by atoms with Gasteiger partial charge in [-0.3, -0.25) is 9.59 Å². The van der Waals surface area contributed by atoms with E-state index in [2.05, 4.69) is 9.97 Å². The van der Waals surface area contributed by atoms with E-state index >= 15 is 0 Å². The molecule has 0 aliphatic rings. The van der Waals surface area contributed by atoms with E-state index in [1.165, 1.54) is 6.33 Å². The minimum Gasteiger partial charge on any atom is -0.481 e. The quantitative estimate of drug-likeness (QED) is 0.565. The van der Waals surface area contributed by atoms with Crippen molar-refractivity contribution in [3.63, 3.8) is 0 Å². The summed E-state index contributed by atoms with van der Waals surface area (Å²) in [5.41, 5.74) is 5.21. The number of hydrogen-bond donors (Lipinski definition) is 3. The second-order valence-corrected chi connectivity index (χ2v) is 2.17. The van der Waals surface area contributed by atoms with Gasteiger partial charge in [0.25, 0.3) is 11.9 Å². The number of nitrogens with two attached hydrogens (primary N) is 1. The van der Waals surface area contributed by atoms with Crippen molar-refractivity contribution in [1.29, 1.82) is 0 Å². The molecule has 15 heavy (non-hydrogen) atoms. The summed E-state index contributed by atoms with van der Waals surface area (Å²) in [6, 6.07) is 1.64. The highest BCUT2D eigenvalue weighted by Crippen LogP contribution is 1.85. The van der Waals surface area contributed by atoms with Gasteiger partial charge < -0.3 is 15.9 Å². The number of hydrogen-bond acceptors (Lipinski definition) is 5. The fraction of sp³-hybridized carbons (Fsp3) is 0.250. The molecule has 0 spiro atoms. The predicted octanol–water partition coefficient (Wildman–Crippen LogP) is 0.241. The molecule has 0 aromatic carbocycles. The highest BCUT2D eigenvalue weighted by Gasteiger charge is 1.74. The summed E-state index contributed by atoms with van der Waals surface area (Å²) >= 11 is 0. The molecule has 0 unspecified atom stereocenters. The standard InChI is InChI=1S/C4H5N3.2C2H4O2/c5-4-1-2-6-3-7-4;2*1-2(3)4/h1-3H,(H2,5,6,7);2*1H3,(H,3,4). The van der Waals surface area contributed by atoms with E-state index in [0.29, 0.717) is 5.82 Å². The van der Waals surface area contributed by atoms with Gasteiger partial charge in [0, 0.05) is 20.0 Å². The molecule has 0 amide bonds. The zero-order valence-corrected chi connectivity index (χ0v) is 8.41. The molecule has 0 aliphatic carbocycles. The zero-order valence-electron chi connectivity index (χ0n) is 8.41. The molecule has 4 N–H and O–H groups in total. The molecule has 0 saturated heterocycles. The van der Waals surface area contributed by atoms with Gasteiger partial charge in [0.05, 0.1) is 0 Å². The maximum atomic E-state index is 9.00. The Morgan fingerprint density at radius 3 is 1.80 bits per heavy atom. The van der Waals surface area contributed by atoms with Crippen LogP contribution in [-0.2, 0) is 9.59 Å². The van der Waals surface area contributed by atoms with Gasteiger partial charge in [-0.1, -0.05) is 0 Å². The van der Waals surface area contributed by atoms with E-state index < -0.39 is 11.9 Å². The smallest absolute Gasteiger partial charge is 0.300 e. The number of rotatable bonds is 0. The Hall–Kier alpha value is -2.18. The normalized spacial score (nSPS) is 7.33. The first-order valence-electron chi connectivity index (χ1n) is 3.76. The van der Waals surface area contributed by atoms with Crippen LogP contribution in [0.3, 0.4) is 0 Å². The molecule has 84 valence electrons. The number of anilines is 1. The number of aliphatic carboxylic acids is 2. The van der Waals surface area contributed by atoms with Crippen LogP contribution in [0.5, 0.6) is 0 Å². The van der Waals surface area contributed by atoms with Gasteiger partial charge in [0.1, 0.15) is 12.1 Å². The van der Waals surface area contributed by atoms with E-state index in [9.17, 15) is 0 Å². The van der Waals surface area contributed by atoms with Crippen LogP contribution < -0.4 is 5.73 Å². The molecule has 1 aromatic heterocycles. The van der Waals surface area contributed by atoms with Crippen LogP contribution in [0.4, 0.5) is 5.82 Å². The molecule has 7 nitrogen and oxygen atoms in total. The third-order valence-electron chi connectivity index (χ3n) is 0.605. The third kappa shape index (κ3) is 33.7. The van der Waals surface area contributed by atoms with Crippen LogP contribution in [0.2, 0.25) is 0 Å². The van der Waals surface area contributed by atoms with E-state index in [-0.39, 0.29) is 0 Å². The molecular formula is C8H13N3O4. The monoisotopic (exact) mass is 215 g/mol. The molecule has 0 bridgehead atoms. The summed E-state index contributed by atoms with van der Waals surface area (Å²) in [5, 5.41) is 14.8. The SMILES string of the molecule is CC(=O)O.CC(=O)O.Nc1ccncn1. The summed E-state index contributed by atoms with van der Waals surface area (Å²) < 4.78 is 0. The fourth-order valence-electron chi connectivity index (χ4n) is 0.301. The number of nitrogen functional groups attached to an aromatic ring is 1. The maximum Gasteiger partial charge on any atom is 0.300 e. The summed E-state index contributed by atoms with van der Waals surface area (Å²) in [7, 11) is 0. The van der Waals surface area contributed by atoms with Gasteiger partial charge in [-0.2, -0.15) is 0 Å². The van der Waals surface area contributed by atoms with Crippen molar-refractivity contribution in [3.05, 3.63) is 18.6 Å². The lowest BCUT2D eigenvalue weighted by Crippen LogP contribution is -1.87. The highest BCUT2D eigenvalue weighted by atomic mass is 16.4. The molecule has 0 atom stereocenters. The fourth-order valence-corrected chi connectivity index (χ4v) is 0.301. The number of nitrogens with zero attached hydrogens (tertiary/aromatic N) is 2. The van der Waals surface area contributed by atoms with Gasteiger partial charge in [-0.15, -0.1) is 0 Å². The summed E-state index contributed by atoms with van der Waals surface area (Å²) in [6.45, 7) is 2.17. The first kappa shape index (κ1) is 15.3. The first-order chi connectivity index (χ1) is 6.86. The van der Waals surface area contributed by atoms with Gasteiger partial charge in [0.2, 0.25) is 0 Å². The summed E-state index contributed by atoms with van der Waals surface area (Å²) in [4.78, 5) is 25.3. The maximum absolute atomic E-state index is 9.00. The lowest BCUT2D eigenvalue weighted by atomic mass is 10.6. The minimum atomic E-state index is -0.833. The molecular weight excluding hydrogens is 202 g/mol. The van der Waals surface area contributed by atoms with Crippen LogP contribution in [-0.4, -0.2) is 32.1 Å². The second kappa shape index (κ2) is 9.90. The Balaban J connectivity index is 0. The first-order valence-corrected chi connectivity index (χ1v) is 3.76. The van der Waals surface area contributed by atoms with E-state index in [0.717, 1.165) is 13.8 Å². The summed E-state index contributed by atoms with van der Waals surface area (Å²) in [6.07, 6.45) is 3.01. The Kier molecular flexibility index (Phi) is 10.1. The topological polar surface area (TPSA) is 126 Å². The molecule has 0 saturated carbocycles. The van der Waals surface area contributed by atoms with Crippen molar-refractivity contribution >= 4 is 17.8 Å². The van der Waals surface area contributed by atoms with Crippen molar-refractivity contribution in [2.75, 3.05) is 5.73 Å². The van der Waals surface area contributed by atoms with E-state index in [1.54, 1.807) is 12.3 Å². The van der Waals surface area contributed by atoms with Crippen molar-refractivity contribution in [2.24, 2.45) is 0 Å². The molecule has 7 heteroatoms. The van der Waals surface area contributed by atoms with Crippen molar-refractivity contribution in [3.8, 4) is 0 Å². The summed E-state index contributed by atoms with van der Waals surface area (Å²) in [5.74, 6) is -1.16. The van der Waals surface area contributed by atoms with E-state index in [1.807, 2.05) is 0 Å². The van der Waals surface area contributed by atoms with Gasteiger partial charge in [-0.25, -0.2) is 9.97 Å². The number of carbonyl (C=O) groups is 2. The Bertz CT molecular complexity index is 269.